The molecular formula is C21H30O2. The molecule has 0 heterocycles. The summed E-state index contributed by atoms with van der Waals surface area (Å²) in [6.45, 7) is 3.05. The number of fused-ring (bicyclic) bond motifs is 1. The zero-order valence-corrected chi connectivity index (χ0v) is 14.4. The Labute approximate surface area is 140 Å². The number of ether oxygens (including phenoxy) is 1. The predicted octanol–water partition coefficient (Wildman–Crippen LogP) is 6.46. The van der Waals surface area contributed by atoms with E-state index in [9.17, 15) is 5.11 Å². The Kier molecular flexibility index (Phi) is 7.79. The van der Waals surface area contributed by atoms with Crippen LogP contribution in [0.25, 0.3) is 10.8 Å². The van der Waals surface area contributed by atoms with Crippen LogP contribution >= 0.6 is 0 Å². The first-order valence-corrected chi connectivity index (χ1v) is 9.15. The van der Waals surface area contributed by atoms with Gasteiger partial charge in [-0.1, -0.05) is 70.4 Å². The topological polar surface area (TPSA) is 29.5 Å². The number of aromatic hydroxyl groups is 1. The smallest absolute Gasteiger partial charge is 0.119 e. The van der Waals surface area contributed by atoms with E-state index in [4.69, 9.17) is 4.74 Å². The molecule has 0 unspecified atom stereocenters. The quantitative estimate of drug-likeness (QED) is 0.483. The van der Waals surface area contributed by atoms with Crippen molar-refractivity contribution in [2.24, 2.45) is 0 Å². The maximum Gasteiger partial charge on any atom is 0.119 e. The fourth-order valence-electron chi connectivity index (χ4n) is 2.90. The van der Waals surface area contributed by atoms with Crippen LogP contribution in [-0.4, -0.2) is 11.7 Å². The SMILES string of the molecule is CCCCCCCCCCCOc1ccc2cc(O)ccc2c1. The van der Waals surface area contributed by atoms with Gasteiger partial charge in [-0.25, -0.2) is 0 Å². The van der Waals surface area contributed by atoms with Crippen LogP contribution in [0.5, 0.6) is 11.5 Å². The zero-order valence-electron chi connectivity index (χ0n) is 14.4. The van der Waals surface area contributed by atoms with E-state index in [1.54, 1.807) is 12.1 Å². The first-order chi connectivity index (χ1) is 11.3. The Morgan fingerprint density at radius 3 is 2.09 bits per heavy atom. The minimum atomic E-state index is 0.306. The average Bonchev–Trinajstić information content (AvgIpc) is 2.56. The summed E-state index contributed by atoms with van der Waals surface area (Å²) in [5, 5.41) is 11.6. The number of rotatable bonds is 11. The van der Waals surface area contributed by atoms with Crippen LogP contribution in [0, 0.1) is 0 Å². The van der Waals surface area contributed by atoms with Crippen molar-refractivity contribution in [2.45, 2.75) is 64.7 Å². The lowest BCUT2D eigenvalue weighted by Gasteiger charge is -2.08. The second-order valence-electron chi connectivity index (χ2n) is 6.37. The molecule has 0 aliphatic rings. The number of unbranched alkanes of at least 4 members (excludes halogenated alkanes) is 8. The van der Waals surface area contributed by atoms with Gasteiger partial charge in [-0.2, -0.15) is 0 Å². The lowest BCUT2D eigenvalue weighted by atomic mass is 10.1. The maximum atomic E-state index is 9.47. The molecule has 0 aromatic heterocycles. The van der Waals surface area contributed by atoms with Crippen molar-refractivity contribution in [3.63, 3.8) is 0 Å². The van der Waals surface area contributed by atoms with E-state index >= 15 is 0 Å². The van der Waals surface area contributed by atoms with Gasteiger partial charge in [0.2, 0.25) is 0 Å². The number of hydrogen-bond acceptors (Lipinski definition) is 2. The first-order valence-electron chi connectivity index (χ1n) is 9.15. The second-order valence-corrected chi connectivity index (χ2v) is 6.37. The van der Waals surface area contributed by atoms with E-state index in [-0.39, 0.29) is 0 Å². The van der Waals surface area contributed by atoms with Crippen LogP contribution in [0.4, 0.5) is 0 Å². The van der Waals surface area contributed by atoms with Crippen LogP contribution in [-0.2, 0) is 0 Å². The molecule has 2 aromatic rings. The van der Waals surface area contributed by atoms with Crippen LogP contribution in [0.15, 0.2) is 36.4 Å². The summed E-state index contributed by atoms with van der Waals surface area (Å²) in [6.07, 6.45) is 12.0. The summed E-state index contributed by atoms with van der Waals surface area (Å²) in [5.41, 5.74) is 0. The third-order valence-corrected chi connectivity index (χ3v) is 4.31. The minimum Gasteiger partial charge on any atom is -0.508 e. The lowest BCUT2D eigenvalue weighted by molar-refractivity contribution is 0.304. The van der Waals surface area contributed by atoms with Crippen molar-refractivity contribution < 1.29 is 9.84 Å². The Bertz CT molecular complexity index is 577. The molecule has 2 aromatic carbocycles. The van der Waals surface area contributed by atoms with Gasteiger partial charge in [-0.3, -0.25) is 0 Å². The van der Waals surface area contributed by atoms with Crippen LogP contribution in [0.3, 0.4) is 0 Å². The van der Waals surface area contributed by atoms with Crippen molar-refractivity contribution in [2.75, 3.05) is 6.61 Å². The van der Waals surface area contributed by atoms with E-state index in [1.807, 2.05) is 24.3 Å². The molecule has 1 N–H and O–H groups in total. The monoisotopic (exact) mass is 314 g/mol. The highest BCUT2D eigenvalue weighted by molar-refractivity contribution is 5.85. The average molecular weight is 314 g/mol. The van der Waals surface area contributed by atoms with Gasteiger partial charge in [0.15, 0.2) is 0 Å². The largest absolute Gasteiger partial charge is 0.508 e. The van der Waals surface area contributed by atoms with E-state index in [0.717, 1.165) is 29.5 Å². The third kappa shape index (κ3) is 6.52. The van der Waals surface area contributed by atoms with Gasteiger partial charge in [-0.15, -0.1) is 0 Å². The summed E-state index contributed by atoms with van der Waals surface area (Å²) in [7, 11) is 0. The molecule has 126 valence electrons. The van der Waals surface area contributed by atoms with Gasteiger partial charge in [0.1, 0.15) is 11.5 Å². The zero-order chi connectivity index (χ0) is 16.3. The Balaban J connectivity index is 1.58. The summed E-state index contributed by atoms with van der Waals surface area (Å²) in [4.78, 5) is 0. The van der Waals surface area contributed by atoms with Gasteiger partial charge in [0, 0.05) is 0 Å². The fraction of sp³-hybridized carbons (Fsp3) is 0.524. The van der Waals surface area contributed by atoms with Gasteiger partial charge < -0.3 is 9.84 Å². The predicted molar refractivity (Wildman–Crippen MR) is 98.3 cm³/mol. The van der Waals surface area contributed by atoms with Gasteiger partial charge in [0.05, 0.1) is 6.61 Å². The highest BCUT2D eigenvalue weighted by atomic mass is 16.5. The van der Waals surface area contributed by atoms with Crippen molar-refractivity contribution in [3.05, 3.63) is 36.4 Å². The molecular weight excluding hydrogens is 284 g/mol. The van der Waals surface area contributed by atoms with Crippen LogP contribution in [0.1, 0.15) is 64.7 Å². The molecule has 0 aliphatic heterocycles. The molecule has 2 nitrogen and oxygen atoms in total. The van der Waals surface area contributed by atoms with E-state index in [0.29, 0.717) is 5.75 Å². The number of phenolic OH excluding ortho intramolecular Hbond substituents is 1. The number of benzene rings is 2. The Hall–Kier alpha value is -1.70. The number of phenols is 1. The fourth-order valence-corrected chi connectivity index (χ4v) is 2.90. The molecule has 0 aliphatic carbocycles. The Morgan fingerprint density at radius 1 is 0.739 bits per heavy atom. The molecule has 0 amide bonds. The summed E-state index contributed by atoms with van der Waals surface area (Å²) in [6, 6.07) is 11.4. The molecule has 0 atom stereocenters. The van der Waals surface area contributed by atoms with Gasteiger partial charge in [0.25, 0.3) is 0 Å². The number of hydrogen-bond donors (Lipinski definition) is 1. The summed E-state index contributed by atoms with van der Waals surface area (Å²) >= 11 is 0. The van der Waals surface area contributed by atoms with E-state index in [2.05, 4.69) is 6.92 Å². The molecule has 23 heavy (non-hydrogen) atoms. The Morgan fingerprint density at radius 2 is 1.35 bits per heavy atom. The molecule has 0 spiro atoms. The first kappa shape index (κ1) is 17.7. The molecule has 0 saturated carbocycles. The van der Waals surface area contributed by atoms with Crippen molar-refractivity contribution in [1.82, 2.24) is 0 Å². The summed E-state index contributed by atoms with van der Waals surface area (Å²) < 4.78 is 5.84. The molecule has 0 radical (unpaired) electrons. The molecule has 0 saturated heterocycles. The van der Waals surface area contributed by atoms with E-state index in [1.165, 1.54) is 51.4 Å². The van der Waals surface area contributed by atoms with Crippen LogP contribution in [0.2, 0.25) is 0 Å². The molecule has 2 heteroatoms. The van der Waals surface area contributed by atoms with Crippen molar-refractivity contribution in [3.8, 4) is 11.5 Å². The van der Waals surface area contributed by atoms with E-state index < -0.39 is 0 Å². The van der Waals surface area contributed by atoms with Crippen molar-refractivity contribution >= 4 is 10.8 Å². The summed E-state index contributed by atoms with van der Waals surface area (Å²) in [5.74, 6) is 1.23. The molecule has 0 bridgehead atoms. The maximum absolute atomic E-state index is 9.47. The highest BCUT2D eigenvalue weighted by Crippen LogP contribution is 2.24. The highest BCUT2D eigenvalue weighted by Gasteiger charge is 1.99. The van der Waals surface area contributed by atoms with Crippen LogP contribution < -0.4 is 4.74 Å². The molecule has 0 fully saturated rings. The second kappa shape index (κ2) is 10.1. The normalized spacial score (nSPS) is 11.0. The van der Waals surface area contributed by atoms with Gasteiger partial charge in [-0.05, 0) is 41.5 Å². The third-order valence-electron chi connectivity index (χ3n) is 4.31. The minimum absolute atomic E-state index is 0.306. The van der Waals surface area contributed by atoms with Crippen molar-refractivity contribution in [1.29, 1.82) is 0 Å². The van der Waals surface area contributed by atoms with Gasteiger partial charge >= 0.3 is 0 Å². The standard InChI is InChI=1S/C21H30O2/c1-2-3-4-5-6-7-8-9-10-15-23-21-14-12-18-16-20(22)13-11-19(18)17-21/h11-14,16-17,22H,2-10,15H2,1H3. The molecule has 2 rings (SSSR count). The lowest BCUT2D eigenvalue weighted by Crippen LogP contribution is -1.97.